The Bertz CT molecular complexity index is 732. The summed E-state index contributed by atoms with van der Waals surface area (Å²) in [5.74, 6) is -2.09. The van der Waals surface area contributed by atoms with Gasteiger partial charge in [-0.25, -0.2) is 9.59 Å². The number of epoxide rings is 1. The van der Waals surface area contributed by atoms with E-state index in [9.17, 15) is 35.1 Å². The molecule has 0 radical (unpaired) electrons. The van der Waals surface area contributed by atoms with Gasteiger partial charge in [0.25, 0.3) is 5.79 Å². The zero-order valence-corrected chi connectivity index (χ0v) is 16.6. The number of aliphatic hydroxyl groups excluding tert-OH is 2. The van der Waals surface area contributed by atoms with Crippen molar-refractivity contribution in [1.82, 2.24) is 9.80 Å². The smallest absolute Gasteiger partial charge is 0.407 e. The Morgan fingerprint density at radius 3 is 2.07 bits per heavy atom. The second kappa shape index (κ2) is 6.88. The Hall–Kier alpha value is -1.74. The van der Waals surface area contributed by atoms with Crippen LogP contribution in [0.3, 0.4) is 0 Å². The molecule has 1 spiro atoms. The zero-order valence-electron chi connectivity index (χ0n) is 16.6. The first-order chi connectivity index (χ1) is 13.9. The molecule has 13 heteroatoms. The van der Waals surface area contributed by atoms with Crippen LogP contribution in [0.4, 0.5) is 9.59 Å². The average molecular weight is 434 g/mol. The van der Waals surface area contributed by atoms with E-state index in [0.29, 0.717) is 11.3 Å². The average Bonchev–Trinajstić information content (AvgIpc) is 3.42. The summed E-state index contributed by atoms with van der Waals surface area (Å²) in [6.45, 7) is 1.92. The summed E-state index contributed by atoms with van der Waals surface area (Å²) in [6, 6.07) is -2.78. The molecule has 0 aromatic rings. The fourth-order valence-electron chi connectivity index (χ4n) is 4.86. The molecular formula is C17H26N2O11. The third-order valence-corrected chi connectivity index (χ3v) is 6.58. The molecule has 4 rings (SSSR count). The molecule has 10 atom stereocenters. The van der Waals surface area contributed by atoms with E-state index in [0.717, 1.165) is 11.9 Å². The molecule has 13 nitrogen and oxygen atoms in total. The summed E-state index contributed by atoms with van der Waals surface area (Å²) in [5.41, 5.74) is -1.11. The van der Waals surface area contributed by atoms with Crippen molar-refractivity contribution in [3.8, 4) is 0 Å². The lowest BCUT2D eigenvalue weighted by molar-refractivity contribution is -0.461. The lowest BCUT2D eigenvalue weighted by atomic mass is 9.78. The number of carbonyl (C=O) groups is 2. The molecule has 3 heterocycles. The van der Waals surface area contributed by atoms with Crippen molar-refractivity contribution >= 4 is 12.2 Å². The van der Waals surface area contributed by atoms with Crippen LogP contribution in [0.1, 0.15) is 13.3 Å². The van der Waals surface area contributed by atoms with E-state index in [1.54, 1.807) is 6.92 Å². The SMILES string of the molecule is C[C@@H]1CC2(CO2)[C@]2(O)OC3C(OC2O1)[C@@H](O)[C@H](N(C)C(=O)O)[C@H](O)[C@@H]3N(C)C(=O)O. The van der Waals surface area contributed by atoms with Gasteiger partial charge in [-0.1, -0.05) is 0 Å². The highest BCUT2D eigenvalue weighted by atomic mass is 16.8. The van der Waals surface area contributed by atoms with Crippen molar-refractivity contribution in [2.45, 2.75) is 73.6 Å². The second-order valence-electron chi connectivity index (χ2n) is 8.39. The van der Waals surface area contributed by atoms with Crippen LogP contribution in [-0.2, 0) is 18.9 Å². The van der Waals surface area contributed by atoms with Crippen LogP contribution in [0, 0.1) is 0 Å². The van der Waals surface area contributed by atoms with E-state index in [1.807, 2.05) is 0 Å². The van der Waals surface area contributed by atoms with Crippen molar-refractivity contribution in [3.63, 3.8) is 0 Å². The topological polar surface area (TPSA) is 182 Å². The first-order valence-electron chi connectivity index (χ1n) is 9.56. The maximum absolute atomic E-state index is 11.7. The number of nitrogens with zero attached hydrogens (tertiary/aromatic N) is 2. The Morgan fingerprint density at radius 1 is 0.967 bits per heavy atom. The monoisotopic (exact) mass is 434 g/mol. The Morgan fingerprint density at radius 2 is 1.53 bits per heavy atom. The van der Waals surface area contributed by atoms with Crippen LogP contribution in [-0.4, -0.2) is 129 Å². The minimum absolute atomic E-state index is 0.170. The predicted octanol–water partition coefficient (Wildman–Crippen LogP) is -1.94. The molecule has 4 aliphatic rings. The van der Waals surface area contributed by atoms with Crippen LogP contribution in [0.15, 0.2) is 0 Å². The van der Waals surface area contributed by atoms with Crippen LogP contribution in [0.2, 0.25) is 0 Å². The zero-order chi connectivity index (χ0) is 22.2. The summed E-state index contributed by atoms with van der Waals surface area (Å²) >= 11 is 0. The molecule has 170 valence electrons. The second-order valence-corrected chi connectivity index (χ2v) is 8.39. The first kappa shape index (κ1) is 21.5. The molecule has 3 saturated heterocycles. The molecule has 3 aliphatic heterocycles. The van der Waals surface area contributed by atoms with Crippen LogP contribution >= 0.6 is 0 Å². The van der Waals surface area contributed by atoms with Gasteiger partial charge in [-0.15, -0.1) is 0 Å². The number of aliphatic hydroxyl groups is 3. The molecule has 4 fully saturated rings. The number of hydrogen-bond donors (Lipinski definition) is 5. The number of carboxylic acid groups (broad SMARTS) is 2. The van der Waals surface area contributed by atoms with Gasteiger partial charge in [0.15, 0.2) is 5.60 Å². The van der Waals surface area contributed by atoms with Crippen molar-refractivity contribution in [2.75, 3.05) is 20.7 Å². The van der Waals surface area contributed by atoms with Gasteiger partial charge in [0.2, 0.25) is 6.29 Å². The van der Waals surface area contributed by atoms with E-state index >= 15 is 0 Å². The van der Waals surface area contributed by atoms with Crippen molar-refractivity contribution < 1.29 is 54.1 Å². The summed E-state index contributed by atoms with van der Waals surface area (Å²) < 4.78 is 22.9. The van der Waals surface area contributed by atoms with E-state index < -0.39 is 66.4 Å². The quantitative estimate of drug-likeness (QED) is 0.305. The van der Waals surface area contributed by atoms with E-state index in [4.69, 9.17) is 18.9 Å². The number of fused-ring (bicyclic) bond motifs is 3. The maximum atomic E-state index is 11.7. The van der Waals surface area contributed by atoms with Gasteiger partial charge < -0.3 is 54.3 Å². The third-order valence-electron chi connectivity index (χ3n) is 6.58. The number of hydrogen-bond acceptors (Lipinski definition) is 9. The van der Waals surface area contributed by atoms with Gasteiger partial charge >= 0.3 is 12.2 Å². The van der Waals surface area contributed by atoms with Crippen molar-refractivity contribution in [2.24, 2.45) is 0 Å². The summed E-state index contributed by atoms with van der Waals surface area (Å²) in [4.78, 5) is 24.6. The third kappa shape index (κ3) is 2.88. The minimum atomic E-state index is -2.09. The molecule has 1 aliphatic carbocycles. The maximum Gasteiger partial charge on any atom is 0.407 e. The fraction of sp³-hybridized carbons (Fsp3) is 0.882. The summed E-state index contributed by atoms with van der Waals surface area (Å²) in [6.07, 6.45) is -10.2. The molecule has 0 bridgehead atoms. The van der Waals surface area contributed by atoms with Gasteiger partial charge in [-0.05, 0) is 6.92 Å². The molecule has 0 aromatic carbocycles. The van der Waals surface area contributed by atoms with E-state index in [1.165, 1.54) is 7.05 Å². The highest BCUT2D eigenvalue weighted by Gasteiger charge is 2.75. The van der Waals surface area contributed by atoms with Crippen molar-refractivity contribution in [1.29, 1.82) is 0 Å². The van der Waals surface area contributed by atoms with Crippen LogP contribution in [0.25, 0.3) is 0 Å². The number of rotatable bonds is 2. The minimum Gasteiger partial charge on any atom is -0.465 e. The highest BCUT2D eigenvalue weighted by Crippen LogP contribution is 2.54. The highest BCUT2D eigenvalue weighted by molar-refractivity contribution is 5.66. The number of amides is 2. The van der Waals surface area contributed by atoms with Crippen LogP contribution in [0.5, 0.6) is 0 Å². The summed E-state index contributed by atoms with van der Waals surface area (Å²) in [5, 5.41) is 51.9. The normalized spacial score (nSPS) is 49.7. The molecule has 1 saturated carbocycles. The Labute approximate surface area is 171 Å². The largest absolute Gasteiger partial charge is 0.465 e. The Balaban J connectivity index is 1.74. The molecule has 30 heavy (non-hydrogen) atoms. The molecule has 4 unspecified atom stereocenters. The predicted molar refractivity (Wildman–Crippen MR) is 93.5 cm³/mol. The fourth-order valence-corrected chi connectivity index (χ4v) is 4.86. The van der Waals surface area contributed by atoms with Gasteiger partial charge in [-0.2, -0.15) is 0 Å². The first-order valence-corrected chi connectivity index (χ1v) is 9.56. The number of likely N-dealkylation sites (N-methyl/N-ethyl adjacent to an activating group) is 2. The lowest BCUT2D eigenvalue weighted by Gasteiger charge is -2.58. The van der Waals surface area contributed by atoms with Crippen LogP contribution < -0.4 is 0 Å². The summed E-state index contributed by atoms with van der Waals surface area (Å²) in [7, 11) is 2.31. The lowest BCUT2D eigenvalue weighted by Crippen LogP contribution is -2.79. The molecule has 5 N–H and O–H groups in total. The number of ether oxygens (including phenoxy) is 4. The van der Waals surface area contributed by atoms with Gasteiger partial charge in [0.1, 0.15) is 24.4 Å². The molecule has 2 amide bonds. The van der Waals surface area contributed by atoms with Crippen molar-refractivity contribution in [3.05, 3.63) is 0 Å². The molecule has 0 aromatic heterocycles. The standard InChI is InChI=1S/C17H26N2O11/c1-6-4-16(5-27-16)17(26)13(28-6)29-12-10(21)7(18(2)14(22)23)9(20)8(11(12)30-17)19(3)15(24)25/h6-13,20-21,26H,4-5H2,1-3H3,(H,22,23)(H,24,25)/t6-,7-,8+,9+,10+,11?,12?,13?,16?,17-/m1/s1. The van der Waals surface area contributed by atoms with E-state index in [-0.39, 0.29) is 12.7 Å². The van der Waals surface area contributed by atoms with Gasteiger partial charge in [0.05, 0.1) is 24.8 Å². The van der Waals surface area contributed by atoms with Gasteiger partial charge in [-0.3, -0.25) is 0 Å². The van der Waals surface area contributed by atoms with E-state index in [2.05, 4.69) is 0 Å². The Kier molecular flexibility index (Phi) is 4.93. The van der Waals surface area contributed by atoms with Gasteiger partial charge in [0, 0.05) is 20.5 Å². The molecular weight excluding hydrogens is 408 g/mol.